The molecule has 0 saturated carbocycles. The van der Waals surface area contributed by atoms with Crippen molar-refractivity contribution in [1.82, 2.24) is 0 Å². The molecule has 24 heavy (non-hydrogen) atoms. The van der Waals surface area contributed by atoms with Gasteiger partial charge in [-0.2, -0.15) is 0 Å². The quantitative estimate of drug-likeness (QED) is 0.677. The Labute approximate surface area is 146 Å². The van der Waals surface area contributed by atoms with Crippen molar-refractivity contribution in [2.75, 3.05) is 11.9 Å². The molecule has 1 heterocycles. The zero-order valence-electron chi connectivity index (χ0n) is 16.1. The molecule has 0 aliphatic carbocycles. The SMILES string of the molecule is CN(c1ccc(B2OC(C)(C)C(C)(C)O2)cc1)C(O)OC(C)(C)C. The molecule has 1 N–H and O–H groups in total. The second-order valence-corrected chi connectivity index (χ2v) is 8.35. The van der Waals surface area contributed by atoms with Crippen LogP contribution in [0.1, 0.15) is 48.5 Å². The van der Waals surface area contributed by atoms with Crippen LogP contribution in [0.2, 0.25) is 0 Å². The van der Waals surface area contributed by atoms with Crippen LogP contribution in [-0.2, 0) is 14.0 Å². The highest BCUT2D eigenvalue weighted by atomic mass is 16.7. The first kappa shape index (κ1) is 19.3. The molecule has 0 aromatic heterocycles. The average molecular weight is 335 g/mol. The summed E-state index contributed by atoms with van der Waals surface area (Å²) in [5.41, 5.74) is 0.674. The van der Waals surface area contributed by atoms with E-state index in [4.69, 9.17) is 14.0 Å². The van der Waals surface area contributed by atoms with Crippen molar-refractivity contribution in [1.29, 1.82) is 0 Å². The zero-order chi connectivity index (χ0) is 18.3. The fourth-order valence-electron chi connectivity index (χ4n) is 2.37. The van der Waals surface area contributed by atoms with E-state index in [9.17, 15) is 5.11 Å². The topological polar surface area (TPSA) is 51.2 Å². The summed E-state index contributed by atoms with van der Waals surface area (Å²) < 4.78 is 17.7. The Bertz CT molecular complexity index is 549. The van der Waals surface area contributed by atoms with Gasteiger partial charge in [-0.1, -0.05) is 12.1 Å². The molecule has 1 aliphatic heterocycles. The van der Waals surface area contributed by atoms with Crippen molar-refractivity contribution >= 4 is 18.3 Å². The molecule has 1 atom stereocenters. The summed E-state index contributed by atoms with van der Waals surface area (Å²) in [5, 5.41) is 10.2. The third kappa shape index (κ3) is 4.12. The number of benzene rings is 1. The van der Waals surface area contributed by atoms with Gasteiger partial charge in [0, 0.05) is 12.7 Å². The Kier molecular flexibility index (Phi) is 5.08. The second-order valence-electron chi connectivity index (χ2n) is 8.35. The first-order valence-corrected chi connectivity index (χ1v) is 8.37. The molecular weight excluding hydrogens is 305 g/mol. The van der Waals surface area contributed by atoms with E-state index in [0.717, 1.165) is 11.2 Å². The standard InChI is InChI=1S/C18H30BNO4/c1-16(2,3)22-15(21)20(8)14-11-9-13(10-12-14)19-23-17(4,5)18(6,7)24-19/h9-12,15,21H,1-8H3. The lowest BCUT2D eigenvalue weighted by Gasteiger charge is -2.32. The zero-order valence-corrected chi connectivity index (χ0v) is 16.1. The van der Waals surface area contributed by atoms with E-state index in [1.54, 1.807) is 11.9 Å². The third-order valence-corrected chi connectivity index (χ3v) is 4.62. The van der Waals surface area contributed by atoms with Crippen molar-refractivity contribution in [2.24, 2.45) is 0 Å². The minimum atomic E-state index is -1.01. The minimum Gasteiger partial charge on any atom is -0.399 e. The Morgan fingerprint density at radius 3 is 1.92 bits per heavy atom. The molecule has 6 heteroatoms. The summed E-state index contributed by atoms with van der Waals surface area (Å²) in [7, 11) is 1.41. The van der Waals surface area contributed by atoms with Crippen LogP contribution in [0.4, 0.5) is 5.69 Å². The Morgan fingerprint density at radius 1 is 1.04 bits per heavy atom. The Morgan fingerprint density at radius 2 is 1.50 bits per heavy atom. The van der Waals surface area contributed by atoms with Gasteiger partial charge in [-0.3, -0.25) is 0 Å². The van der Waals surface area contributed by atoms with Crippen LogP contribution in [0.25, 0.3) is 0 Å². The first-order chi connectivity index (χ1) is 10.8. The number of aliphatic hydroxyl groups excluding tert-OH is 1. The van der Waals surface area contributed by atoms with E-state index in [1.807, 2.05) is 72.7 Å². The molecule has 0 bridgehead atoms. The van der Waals surface area contributed by atoms with Crippen molar-refractivity contribution in [3.63, 3.8) is 0 Å². The molecule has 1 aromatic rings. The third-order valence-electron chi connectivity index (χ3n) is 4.62. The van der Waals surface area contributed by atoms with Crippen LogP contribution in [0.5, 0.6) is 0 Å². The number of rotatable bonds is 4. The Balaban J connectivity index is 2.09. The fraction of sp³-hybridized carbons (Fsp3) is 0.667. The molecular formula is C18H30BNO4. The van der Waals surface area contributed by atoms with Crippen LogP contribution in [0, 0.1) is 0 Å². The summed E-state index contributed by atoms with van der Waals surface area (Å²) in [6, 6.07) is 7.76. The van der Waals surface area contributed by atoms with Crippen LogP contribution in [-0.4, -0.2) is 42.5 Å². The molecule has 0 spiro atoms. The maximum absolute atomic E-state index is 10.2. The number of ether oxygens (including phenoxy) is 1. The molecule has 1 aromatic carbocycles. The number of hydrogen-bond acceptors (Lipinski definition) is 5. The monoisotopic (exact) mass is 335 g/mol. The Hall–Kier alpha value is -1.08. The van der Waals surface area contributed by atoms with Gasteiger partial charge in [0.05, 0.1) is 16.8 Å². The number of hydrogen-bond donors (Lipinski definition) is 1. The van der Waals surface area contributed by atoms with Gasteiger partial charge in [0.25, 0.3) is 0 Å². The van der Waals surface area contributed by atoms with Crippen molar-refractivity contribution in [3.8, 4) is 0 Å². The lowest BCUT2D eigenvalue weighted by Crippen LogP contribution is -2.41. The lowest BCUT2D eigenvalue weighted by atomic mass is 9.79. The van der Waals surface area contributed by atoms with E-state index in [2.05, 4.69) is 0 Å². The smallest absolute Gasteiger partial charge is 0.399 e. The van der Waals surface area contributed by atoms with Crippen LogP contribution < -0.4 is 10.4 Å². The minimum absolute atomic E-state index is 0.357. The van der Waals surface area contributed by atoms with Crippen LogP contribution >= 0.6 is 0 Å². The number of aliphatic hydroxyl groups is 1. The maximum atomic E-state index is 10.2. The molecule has 5 nitrogen and oxygen atoms in total. The predicted molar refractivity (Wildman–Crippen MR) is 97.4 cm³/mol. The largest absolute Gasteiger partial charge is 0.494 e. The maximum Gasteiger partial charge on any atom is 0.494 e. The molecule has 0 amide bonds. The molecule has 134 valence electrons. The first-order valence-electron chi connectivity index (χ1n) is 8.37. The molecule has 1 aliphatic rings. The van der Waals surface area contributed by atoms with Gasteiger partial charge in [-0.15, -0.1) is 0 Å². The normalized spacial score (nSPS) is 21.0. The van der Waals surface area contributed by atoms with Gasteiger partial charge < -0.3 is 24.1 Å². The van der Waals surface area contributed by atoms with Gasteiger partial charge in [0.15, 0.2) is 0 Å². The van der Waals surface area contributed by atoms with E-state index in [-0.39, 0.29) is 18.3 Å². The second kappa shape index (κ2) is 6.34. The van der Waals surface area contributed by atoms with Crippen LogP contribution in [0.3, 0.4) is 0 Å². The van der Waals surface area contributed by atoms with Crippen molar-refractivity contribution < 1.29 is 19.2 Å². The summed E-state index contributed by atoms with van der Waals surface area (Å²) in [6.07, 6.45) is -1.01. The predicted octanol–water partition coefficient (Wildman–Crippen LogP) is 2.51. The summed E-state index contributed by atoms with van der Waals surface area (Å²) >= 11 is 0. The summed E-state index contributed by atoms with van der Waals surface area (Å²) in [6.45, 7) is 13.9. The van der Waals surface area contributed by atoms with E-state index in [1.165, 1.54) is 0 Å². The van der Waals surface area contributed by atoms with E-state index in [0.29, 0.717) is 0 Å². The fourth-order valence-corrected chi connectivity index (χ4v) is 2.37. The highest BCUT2D eigenvalue weighted by Crippen LogP contribution is 2.36. The molecule has 1 saturated heterocycles. The number of nitrogens with zero attached hydrogens (tertiary/aromatic N) is 1. The highest BCUT2D eigenvalue weighted by molar-refractivity contribution is 6.62. The van der Waals surface area contributed by atoms with Gasteiger partial charge >= 0.3 is 7.12 Å². The van der Waals surface area contributed by atoms with E-state index >= 15 is 0 Å². The van der Waals surface area contributed by atoms with Gasteiger partial charge in [0.2, 0.25) is 6.41 Å². The highest BCUT2D eigenvalue weighted by Gasteiger charge is 2.51. The summed E-state index contributed by atoms with van der Waals surface area (Å²) in [4.78, 5) is 1.68. The lowest BCUT2D eigenvalue weighted by molar-refractivity contribution is -0.162. The molecule has 1 unspecified atom stereocenters. The molecule has 2 rings (SSSR count). The van der Waals surface area contributed by atoms with Crippen LogP contribution in [0.15, 0.2) is 24.3 Å². The van der Waals surface area contributed by atoms with Crippen molar-refractivity contribution in [2.45, 2.75) is 71.7 Å². The van der Waals surface area contributed by atoms with Gasteiger partial charge in [-0.25, -0.2) is 0 Å². The number of anilines is 1. The van der Waals surface area contributed by atoms with Gasteiger partial charge in [0.1, 0.15) is 0 Å². The molecule has 1 fully saturated rings. The van der Waals surface area contributed by atoms with Crippen molar-refractivity contribution in [3.05, 3.63) is 24.3 Å². The summed E-state index contributed by atoms with van der Waals surface area (Å²) in [5.74, 6) is 0. The average Bonchev–Trinajstić information content (AvgIpc) is 2.65. The molecule has 0 radical (unpaired) electrons. The van der Waals surface area contributed by atoms with E-state index < -0.39 is 12.0 Å². The van der Waals surface area contributed by atoms with Gasteiger partial charge in [-0.05, 0) is 66.1 Å².